The third kappa shape index (κ3) is 4.38. The fourth-order valence-corrected chi connectivity index (χ4v) is 3.73. The molecule has 0 aromatic heterocycles. The number of nitrogens with one attached hydrogen (secondary N) is 1. The Hall–Kier alpha value is -0.700. The molecule has 5 nitrogen and oxygen atoms in total. The Bertz CT molecular complexity index is 674. The van der Waals surface area contributed by atoms with Crippen LogP contribution in [0.3, 0.4) is 0 Å². The quantitative estimate of drug-likeness (QED) is 0.759. The van der Waals surface area contributed by atoms with Crippen molar-refractivity contribution in [3.05, 3.63) is 27.4 Å². The largest absolute Gasteiger partial charge is 0.368 e. The summed E-state index contributed by atoms with van der Waals surface area (Å²) in [6.45, 7) is 4.91. The first-order valence-electron chi connectivity index (χ1n) is 5.82. The number of amides is 1. The summed E-state index contributed by atoms with van der Waals surface area (Å²) >= 11 is 8.71. The van der Waals surface area contributed by atoms with E-state index in [0.717, 1.165) is 12.1 Å². The number of sulfonamides is 1. The molecule has 0 fully saturated rings. The van der Waals surface area contributed by atoms with Gasteiger partial charge in [-0.25, -0.2) is 12.8 Å². The van der Waals surface area contributed by atoms with Crippen molar-refractivity contribution in [1.82, 2.24) is 4.72 Å². The highest BCUT2D eigenvalue weighted by molar-refractivity contribution is 9.10. The smallest absolute Gasteiger partial charge is 0.244 e. The zero-order chi connectivity index (χ0) is 16.6. The summed E-state index contributed by atoms with van der Waals surface area (Å²) in [7, 11) is -4.27. The zero-order valence-corrected chi connectivity index (χ0v) is 14.7. The zero-order valence-electron chi connectivity index (χ0n) is 11.6. The minimum Gasteiger partial charge on any atom is -0.368 e. The lowest BCUT2D eigenvalue weighted by atomic mass is 9.87. The van der Waals surface area contributed by atoms with Crippen molar-refractivity contribution >= 4 is 43.5 Å². The van der Waals surface area contributed by atoms with E-state index in [4.69, 9.17) is 17.3 Å². The average Bonchev–Trinajstić information content (AvgIpc) is 2.29. The maximum absolute atomic E-state index is 13.8. The van der Waals surface area contributed by atoms with Crippen molar-refractivity contribution < 1.29 is 17.6 Å². The van der Waals surface area contributed by atoms with E-state index in [0.29, 0.717) is 0 Å². The molecule has 21 heavy (non-hydrogen) atoms. The highest BCUT2D eigenvalue weighted by Crippen LogP contribution is 2.29. The van der Waals surface area contributed by atoms with Crippen molar-refractivity contribution in [1.29, 1.82) is 0 Å². The van der Waals surface area contributed by atoms with Gasteiger partial charge in [-0.15, -0.1) is 0 Å². The van der Waals surface area contributed by atoms with Gasteiger partial charge in [0.25, 0.3) is 0 Å². The molecule has 3 N–H and O–H groups in total. The standard InChI is InChI=1S/C12H15BrClFN2O3S/c1-12(2,3)10(11(16)18)17-21(19,20)9-4-6(13)7(14)5-8(9)15/h4-5,10,17H,1-3H3,(H2,16,18). The number of nitrogens with two attached hydrogens (primary N) is 1. The molecule has 1 aromatic rings. The molecule has 0 heterocycles. The minimum atomic E-state index is -4.27. The van der Waals surface area contributed by atoms with Gasteiger partial charge in [0.1, 0.15) is 16.8 Å². The van der Waals surface area contributed by atoms with E-state index in [1.54, 1.807) is 20.8 Å². The molecule has 1 atom stereocenters. The van der Waals surface area contributed by atoms with Gasteiger partial charge >= 0.3 is 0 Å². The summed E-state index contributed by atoms with van der Waals surface area (Å²) in [5, 5.41) is 0.0359. The van der Waals surface area contributed by atoms with Crippen LogP contribution in [0.25, 0.3) is 0 Å². The molecule has 118 valence electrons. The fraction of sp³-hybridized carbons (Fsp3) is 0.417. The Balaban J connectivity index is 3.30. The van der Waals surface area contributed by atoms with Gasteiger partial charge in [-0.05, 0) is 33.5 Å². The van der Waals surface area contributed by atoms with Gasteiger partial charge in [0, 0.05) is 4.47 Å². The summed E-state index contributed by atoms with van der Waals surface area (Å²) in [6.07, 6.45) is 0. The molecule has 0 bridgehead atoms. The Labute approximate surface area is 136 Å². The molecule has 0 spiro atoms. The second kappa shape index (κ2) is 6.20. The number of carbonyl (C=O) groups is 1. The first-order valence-corrected chi connectivity index (χ1v) is 8.48. The van der Waals surface area contributed by atoms with Gasteiger partial charge in [-0.1, -0.05) is 32.4 Å². The summed E-state index contributed by atoms with van der Waals surface area (Å²) < 4.78 is 40.7. The lowest BCUT2D eigenvalue weighted by molar-refractivity contribution is -0.121. The molecule has 1 unspecified atom stereocenters. The van der Waals surface area contributed by atoms with E-state index < -0.39 is 38.1 Å². The van der Waals surface area contributed by atoms with E-state index in [-0.39, 0.29) is 9.50 Å². The van der Waals surface area contributed by atoms with Crippen LogP contribution < -0.4 is 10.5 Å². The van der Waals surface area contributed by atoms with Crippen LogP contribution in [0.5, 0.6) is 0 Å². The SMILES string of the molecule is CC(C)(C)C(NS(=O)(=O)c1cc(Br)c(Cl)cc1F)C(N)=O. The summed E-state index contributed by atoms with van der Waals surface area (Å²) in [5.41, 5.74) is 4.45. The van der Waals surface area contributed by atoms with Crippen molar-refractivity contribution in [2.45, 2.75) is 31.7 Å². The number of primary amides is 1. The number of rotatable bonds is 4. The third-order valence-corrected chi connectivity index (χ3v) is 5.32. The van der Waals surface area contributed by atoms with Crippen molar-refractivity contribution in [3.8, 4) is 0 Å². The molecular weight excluding hydrogens is 387 g/mol. The van der Waals surface area contributed by atoms with E-state index in [2.05, 4.69) is 20.7 Å². The lowest BCUT2D eigenvalue weighted by Gasteiger charge is -2.28. The molecule has 1 rings (SSSR count). The number of halogens is 3. The topological polar surface area (TPSA) is 89.3 Å². The molecule has 0 saturated carbocycles. The van der Waals surface area contributed by atoms with Crippen LogP contribution >= 0.6 is 27.5 Å². The molecule has 0 aliphatic rings. The summed E-state index contributed by atoms with van der Waals surface area (Å²) in [5.74, 6) is -1.87. The van der Waals surface area contributed by atoms with Gasteiger partial charge in [0.05, 0.1) is 5.02 Å². The highest BCUT2D eigenvalue weighted by atomic mass is 79.9. The molecule has 0 aliphatic heterocycles. The highest BCUT2D eigenvalue weighted by Gasteiger charge is 2.35. The van der Waals surface area contributed by atoms with Crippen LogP contribution in [-0.2, 0) is 14.8 Å². The van der Waals surface area contributed by atoms with Gasteiger partial charge in [-0.3, -0.25) is 4.79 Å². The van der Waals surface area contributed by atoms with E-state index >= 15 is 0 Å². The second-order valence-electron chi connectivity index (χ2n) is 5.52. The molecule has 0 saturated heterocycles. The van der Waals surface area contributed by atoms with Crippen molar-refractivity contribution in [2.24, 2.45) is 11.1 Å². The van der Waals surface area contributed by atoms with Crippen LogP contribution in [0.15, 0.2) is 21.5 Å². The number of hydrogen-bond acceptors (Lipinski definition) is 3. The summed E-state index contributed by atoms with van der Waals surface area (Å²) in [4.78, 5) is 10.8. The van der Waals surface area contributed by atoms with Crippen molar-refractivity contribution in [3.63, 3.8) is 0 Å². The van der Waals surface area contributed by atoms with Gasteiger partial charge in [0.2, 0.25) is 15.9 Å². The van der Waals surface area contributed by atoms with Crippen molar-refractivity contribution in [2.75, 3.05) is 0 Å². The van der Waals surface area contributed by atoms with Crippen LogP contribution in [0.1, 0.15) is 20.8 Å². The van der Waals surface area contributed by atoms with Crippen LogP contribution in [0.4, 0.5) is 4.39 Å². The molecule has 1 aromatic carbocycles. The van der Waals surface area contributed by atoms with Crippen LogP contribution in [0.2, 0.25) is 5.02 Å². The lowest BCUT2D eigenvalue weighted by Crippen LogP contribution is -2.51. The molecule has 0 radical (unpaired) electrons. The third-order valence-electron chi connectivity index (χ3n) is 2.69. The second-order valence-corrected chi connectivity index (χ2v) is 8.46. The van der Waals surface area contributed by atoms with E-state index in [1.165, 1.54) is 0 Å². The Morgan fingerprint density at radius 2 is 1.95 bits per heavy atom. The molecule has 9 heteroatoms. The predicted molar refractivity (Wildman–Crippen MR) is 81.9 cm³/mol. The number of hydrogen-bond donors (Lipinski definition) is 2. The normalized spacial score (nSPS) is 14.0. The number of benzene rings is 1. The maximum Gasteiger partial charge on any atom is 0.244 e. The van der Waals surface area contributed by atoms with Gasteiger partial charge < -0.3 is 5.73 Å². The van der Waals surface area contributed by atoms with Gasteiger partial charge in [0.15, 0.2) is 0 Å². The molecule has 0 aliphatic carbocycles. The van der Waals surface area contributed by atoms with E-state index in [1.807, 2.05) is 0 Å². The molecule has 1 amide bonds. The first kappa shape index (κ1) is 18.3. The Morgan fingerprint density at radius 1 is 1.43 bits per heavy atom. The maximum atomic E-state index is 13.8. The predicted octanol–water partition coefficient (Wildman–Crippen LogP) is 2.42. The Morgan fingerprint density at radius 3 is 2.38 bits per heavy atom. The average molecular weight is 402 g/mol. The fourth-order valence-electron chi connectivity index (χ4n) is 1.59. The van der Waals surface area contributed by atoms with Gasteiger partial charge in [-0.2, -0.15) is 4.72 Å². The Kier molecular flexibility index (Phi) is 5.41. The van der Waals surface area contributed by atoms with Crippen LogP contribution in [0, 0.1) is 11.2 Å². The van der Waals surface area contributed by atoms with E-state index in [9.17, 15) is 17.6 Å². The summed E-state index contributed by atoms with van der Waals surface area (Å²) in [6, 6.07) is 0.716. The minimum absolute atomic E-state index is 0.0359. The number of carbonyl (C=O) groups excluding carboxylic acids is 1. The monoisotopic (exact) mass is 400 g/mol. The molecular formula is C12H15BrClFN2O3S. The first-order chi connectivity index (χ1) is 9.36. The van der Waals surface area contributed by atoms with Crippen LogP contribution in [-0.4, -0.2) is 20.4 Å².